The Labute approximate surface area is 89.4 Å². The van der Waals surface area contributed by atoms with Crippen LogP contribution in [0.1, 0.15) is 11.1 Å². The van der Waals surface area contributed by atoms with E-state index in [4.69, 9.17) is 10.4 Å². The van der Waals surface area contributed by atoms with Gasteiger partial charge in [0.25, 0.3) is 0 Å². The van der Waals surface area contributed by atoms with Crippen LogP contribution in [-0.2, 0) is 4.79 Å². The average Bonchev–Trinajstić information content (AvgIpc) is 2.15. The molecule has 0 atom stereocenters. The minimum Gasteiger partial charge on any atom is -0.478 e. The van der Waals surface area contributed by atoms with E-state index in [0.29, 0.717) is 11.1 Å². The van der Waals surface area contributed by atoms with Gasteiger partial charge < -0.3 is 5.11 Å². The summed E-state index contributed by atoms with van der Waals surface area (Å²) in [7, 11) is 0. The number of hydrogen-bond donors (Lipinski definition) is 1. The molecule has 4 heteroatoms. The molecule has 0 aromatic heterocycles. The SMILES string of the molecule is N#Cc1ccc(Br)cc1C=CC(=O)O. The molecule has 0 spiro atoms. The number of carboxylic acid groups (broad SMARTS) is 1. The molecule has 0 heterocycles. The van der Waals surface area contributed by atoms with Crippen molar-refractivity contribution in [1.82, 2.24) is 0 Å². The predicted molar refractivity (Wildman–Crippen MR) is 55.5 cm³/mol. The van der Waals surface area contributed by atoms with Crippen molar-refractivity contribution in [2.24, 2.45) is 0 Å². The Morgan fingerprint density at radius 2 is 2.29 bits per heavy atom. The van der Waals surface area contributed by atoms with Crippen LogP contribution >= 0.6 is 15.9 Å². The summed E-state index contributed by atoms with van der Waals surface area (Å²) in [5.41, 5.74) is 1.04. The lowest BCUT2D eigenvalue weighted by Crippen LogP contribution is -1.87. The van der Waals surface area contributed by atoms with E-state index in [1.54, 1.807) is 18.2 Å². The van der Waals surface area contributed by atoms with Crippen LogP contribution in [0.2, 0.25) is 0 Å². The fourth-order valence-corrected chi connectivity index (χ4v) is 1.31. The summed E-state index contributed by atoms with van der Waals surface area (Å²) >= 11 is 3.24. The van der Waals surface area contributed by atoms with E-state index in [1.165, 1.54) is 6.08 Å². The third-order valence-corrected chi connectivity index (χ3v) is 2.03. The maximum absolute atomic E-state index is 10.3. The molecule has 1 rings (SSSR count). The molecule has 0 bridgehead atoms. The van der Waals surface area contributed by atoms with Crippen LogP contribution in [0.15, 0.2) is 28.7 Å². The number of aliphatic carboxylic acids is 1. The highest BCUT2D eigenvalue weighted by molar-refractivity contribution is 9.10. The number of hydrogen-bond acceptors (Lipinski definition) is 2. The molecule has 0 fully saturated rings. The van der Waals surface area contributed by atoms with Crippen LogP contribution in [0.25, 0.3) is 6.08 Å². The number of halogens is 1. The molecule has 0 amide bonds. The van der Waals surface area contributed by atoms with Crippen LogP contribution in [0.4, 0.5) is 0 Å². The van der Waals surface area contributed by atoms with Gasteiger partial charge in [-0.2, -0.15) is 5.26 Å². The molecule has 0 saturated carbocycles. The number of benzene rings is 1. The van der Waals surface area contributed by atoms with E-state index >= 15 is 0 Å². The second kappa shape index (κ2) is 4.58. The van der Waals surface area contributed by atoms with Gasteiger partial charge in [-0.3, -0.25) is 0 Å². The van der Waals surface area contributed by atoms with Crippen LogP contribution < -0.4 is 0 Å². The second-order valence-electron chi connectivity index (χ2n) is 2.51. The van der Waals surface area contributed by atoms with Gasteiger partial charge in [0.2, 0.25) is 0 Å². The Kier molecular flexibility index (Phi) is 3.43. The number of rotatable bonds is 2. The second-order valence-corrected chi connectivity index (χ2v) is 3.43. The Morgan fingerprint density at radius 3 is 2.86 bits per heavy atom. The van der Waals surface area contributed by atoms with Gasteiger partial charge in [-0.05, 0) is 29.8 Å². The van der Waals surface area contributed by atoms with Crippen LogP contribution in [0.3, 0.4) is 0 Å². The van der Waals surface area contributed by atoms with E-state index in [2.05, 4.69) is 15.9 Å². The van der Waals surface area contributed by atoms with Gasteiger partial charge in [-0.1, -0.05) is 15.9 Å². The Hall–Kier alpha value is -1.60. The highest BCUT2D eigenvalue weighted by Crippen LogP contribution is 2.17. The normalized spacial score (nSPS) is 10.0. The minimum atomic E-state index is -1.03. The summed E-state index contributed by atoms with van der Waals surface area (Å²) in [4.78, 5) is 10.3. The lowest BCUT2D eigenvalue weighted by molar-refractivity contribution is -0.131. The van der Waals surface area contributed by atoms with Crippen molar-refractivity contribution >= 4 is 28.0 Å². The molecule has 1 N–H and O–H groups in total. The minimum absolute atomic E-state index is 0.450. The maximum Gasteiger partial charge on any atom is 0.328 e. The Bertz CT molecular complexity index is 432. The zero-order chi connectivity index (χ0) is 10.6. The van der Waals surface area contributed by atoms with E-state index in [9.17, 15) is 4.79 Å². The van der Waals surface area contributed by atoms with Gasteiger partial charge in [0.1, 0.15) is 0 Å². The molecule has 0 radical (unpaired) electrons. The van der Waals surface area contributed by atoms with Gasteiger partial charge in [0.05, 0.1) is 11.6 Å². The van der Waals surface area contributed by atoms with Crippen LogP contribution in [0.5, 0.6) is 0 Å². The smallest absolute Gasteiger partial charge is 0.328 e. The molecule has 1 aromatic rings. The van der Waals surface area contributed by atoms with Crippen molar-refractivity contribution in [2.45, 2.75) is 0 Å². The van der Waals surface area contributed by atoms with E-state index in [1.807, 2.05) is 6.07 Å². The Balaban J connectivity index is 3.13. The lowest BCUT2D eigenvalue weighted by Gasteiger charge is -1.97. The first-order valence-corrected chi connectivity index (χ1v) is 4.53. The van der Waals surface area contributed by atoms with Crippen molar-refractivity contribution in [3.63, 3.8) is 0 Å². The molecular formula is C10H6BrNO2. The predicted octanol–water partition coefficient (Wildman–Crippen LogP) is 2.42. The number of carboxylic acids is 1. The zero-order valence-electron chi connectivity index (χ0n) is 7.07. The first-order valence-electron chi connectivity index (χ1n) is 3.74. The fraction of sp³-hybridized carbons (Fsp3) is 0. The quantitative estimate of drug-likeness (QED) is 0.822. The fourth-order valence-electron chi connectivity index (χ4n) is 0.934. The van der Waals surface area contributed by atoms with Gasteiger partial charge >= 0.3 is 5.97 Å². The topological polar surface area (TPSA) is 61.1 Å². The first kappa shape index (κ1) is 10.5. The summed E-state index contributed by atoms with van der Waals surface area (Å²) in [5, 5.41) is 17.2. The molecule has 0 aliphatic carbocycles. The van der Waals surface area contributed by atoms with Crippen molar-refractivity contribution in [1.29, 1.82) is 5.26 Å². The molecule has 1 aromatic carbocycles. The monoisotopic (exact) mass is 251 g/mol. The zero-order valence-corrected chi connectivity index (χ0v) is 8.65. The molecule has 0 saturated heterocycles. The summed E-state index contributed by atoms with van der Waals surface area (Å²) in [5.74, 6) is -1.03. The molecule has 0 aliphatic heterocycles. The van der Waals surface area contributed by atoms with E-state index in [0.717, 1.165) is 10.5 Å². The van der Waals surface area contributed by atoms with Crippen molar-refractivity contribution < 1.29 is 9.90 Å². The highest BCUT2D eigenvalue weighted by atomic mass is 79.9. The van der Waals surface area contributed by atoms with Crippen molar-refractivity contribution in [3.8, 4) is 6.07 Å². The first-order chi connectivity index (χ1) is 6.63. The summed E-state index contributed by atoms with van der Waals surface area (Å²) in [6.45, 7) is 0. The molecule has 0 unspecified atom stereocenters. The summed E-state index contributed by atoms with van der Waals surface area (Å²) < 4.78 is 0.807. The van der Waals surface area contributed by atoms with Gasteiger partial charge in [0.15, 0.2) is 0 Å². The van der Waals surface area contributed by atoms with Gasteiger partial charge in [-0.15, -0.1) is 0 Å². The summed E-state index contributed by atoms with van der Waals surface area (Å²) in [6, 6.07) is 7.04. The molecule has 0 aliphatic rings. The number of nitriles is 1. The van der Waals surface area contributed by atoms with Gasteiger partial charge in [-0.25, -0.2) is 4.79 Å². The lowest BCUT2D eigenvalue weighted by atomic mass is 10.1. The third-order valence-electron chi connectivity index (χ3n) is 1.54. The molecule has 3 nitrogen and oxygen atoms in total. The Morgan fingerprint density at radius 1 is 1.57 bits per heavy atom. The van der Waals surface area contributed by atoms with Gasteiger partial charge in [0, 0.05) is 10.5 Å². The van der Waals surface area contributed by atoms with Crippen LogP contribution in [0, 0.1) is 11.3 Å². The highest BCUT2D eigenvalue weighted by Gasteiger charge is 1.99. The van der Waals surface area contributed by atoms with Crippen molar-refractivity contribution in [2.75, 3.05) is 0 Å². The molecular weight excluding hydrogens is 246 g/mol. The van der Waals surface area contributed by atoms with Crippen molar-refractivity contribution in [3.05, 3.63) is 39.9 Å². The number of carbonyl (C=O) groups is 1. The number of nitrogens with zero attached hydrogens (tertiary/aromatic N) is 1. The van der Waals surface area contributed by atoms with Crippen LogP contribution in [-0.4, -0.2) is 11.1 Å². The standard InChI is InChI=1S/C10H6BrNO2/c11-9-3-1-8(6-12)7(5-9)2-4-10(13)14/h1-5H,(H,13,14). The summed E-state index contributed by atoms with van der Waals surface area (Å²) in [6.07, 6.45) is 2.40. The molecule has 70 valence electrons. The third kappa shape index (κ3) is 2.71. The maximum atomic E-state index is 10.3. The molecule has 14 heavy (non-hydrogen) atoms. The van der Waals surface area contributed by atoms with E-state index < -0.39 is 5.97 Å². The average molecular weight is 252 g/mol. The largest absolute Gasteiger partial charge is 0.478 e. The van der Waals surface area contributed by atoms with E-state index in [-0.39, 0.29) is 0 Å².